The summed E-state index contributed by atoms with van der Waals surface area (Å²) in [5.41, 5.74) is 0. The molecule has 0 N–H and O–H groups in total. The zero-order valence-electron chi connectivity index (χ0n) is 7.60. The summed E-state index contributed by atoms with van der Waals surface area (Å²) in [6.45, 7) is 6.37. The summed E-state index contributed by atoms with van der Waals surface area (Å²) in [7, 11) is 0. The minimum absolute atomic E-state index is 0. The van der Waals surface area contributed by atoms with E-state index in [0.29, 0.717) is 4.32 Å². The van der Waals surface area contributed by atoms with Crippen LogP contribution in [0.2, 0.25) is 0 Å². The number of thiocarbonyl (C=S) groups is 1. The van der Waals surface area contributed by atoms with Gasteiger partial charge in [0.15, 0.2) is 0 Å². The van der Waals surface area contributed by atoms with E-state index in [2.05, 4.69) is 18.7 Å². The number of rotatable bonds is 5. The summed E-state index contributed by atoms with van der Waals surface area (Å²) in [6.07, 6.45) is 3.52. The van der Waals surface area contributed by atoms with E-state index < -0.39 is 0 Å². The molecule has 0 aliphatic carbocycles. The fraction of sp³-hybridized carbons (Fsp3) is 0.875. The van der Waals surface area contributed by atoms with Crippen LogP contribution in [-0.4, -0.2) is 22.3 Å². The van der Waals surface area contributed by atoms with Crippen LogP contribution in [0, 0.1) is 0 Å². The van der Waals surface area contributed by atoms with Crippen molar-refractivity contribution in [3.8, 4) is 0 Å². The average molecular weight is 254 g/mol. The Balaban J connectivity index is 0. The van der Waals surface area contributed by atoms with E-state index in [1.54, 1.807) is 0 Å². The average Bonchev–Trinajstić information content (AvgIpc) is 1.97. The van der Waals surface area contributed by atoms with Gasteiger partial charge in [-0.2, -0.15) is 0 Å². The minimum atomic E-state index is 0. The van der Waals surface area contributed by atoms with Crippen molar-refractivity contribution in [2.24, 2.45) is 0 Å². The second-order valence-electron chi connectivity index (χ2n) is 2.61. The zero-order chi connectivity index (χ0) is 8.69. The first-order valence-electron chi connectivity index (χ1n) is 4.18. The van der Waals surface area contributed by atoms with Crippen LogP contribution in [0.5, 0.6) is 0 Å². The minimum Gasteiger partial charge on any atom is -0.411 e. The monoisotopic (exact) mass is 253 g/mol. The van der Waals surface area contributed by atoms with Gasteiger partial charge in [-0.15, -0.1) is 0 Å². The van der Waals surface area contributed by atoms with Crippen molar-refractivity contribution in [1.29, 1.82) is 0 Å². The van der Waals surface area contributed by atoms with Gasteiger partial charge in [0, 0.05) is 13.1 Å². The maximum atomic E-state index is 4.94. The maximum Gasteiger partial charge on any atom is 1.00 e. The molecule has 0 saturated carbocycles. The standard InChI is InChI=1S/C8H17NS2.Cu/c1-3-5-7-9(6-4-2)8(10)11;/h3-7H2,1-2H3,(H,10,11);/q;+1/p-1. The molecule has 0 unspecified atom stereocenters. The summed E-state index contributed by atoms with van der Waals surface area (Å²) in [5, 5.41) is 0. The van der Waals surface area contributed by atoms with Gasteiger partial charge in [0.25, 0.3) is 0 Å². The Morgan fingerprint density at radius 3 is 2.17 bits per heavy atom. The van der Waals surface area contributed by atoms with Gasteiger partial charge in [0.05, 0.1) is 0 Å². The third-order valence-electron chi connectivity index (χ3n) is 1.53. The largest absolute Gasteiger partial charge is 1.00 e. The van der Waals surface area contributed by atoms with Crippen LogP contribution in [0.4, 0.5) is 0 Å². The third-order valence-corrected chi connectivity index (χ3v) is 2.05. The Morgan fingerprint density at radius 2 is 1.83 bits per heavy atom. The molecule has 0 spiro atoms. The van der Waals surface area contributed by atoms with Gasteiger partial charge in [-0.25, -0.2) is 0 Å². The first-order chi connectivity index (χ1) is 5.22. The van der Waals surface area contributed by atoms with E-state index in [1.165, 1.54) is 12.8 Å². The fourth-order valence-electron chi connectivity index (χ4n) is 0.913. The molecule has 0 aromatic carbocycles. The van der Waals surface area contributed by atoms with Crippen LogP contribution in [-0.2, 0) is 29.7 Å². The number of unbranched alkanes of at least 4 members (excludes halogenated alkanes) is 1. The predicted molar refractivity (Wildman–Crippen MR) is 56.7 cm³/mol. The number of nitrogens with zero attached hydrogens (tertiary/aromatic N) is 1. The fourth-order valence-corrected chi connectivity index (χ4v) is 1.28. The quantitative estimate of drug-likeness (QED) is 0.421. The van der Waals surface area contributed by atoms with Gasteiger partial charge in [-0.1, -0.05) is 24.6 Å². The zero-order valence-corrected chi connectivity index (χ0v) is 10.2. The predicted octanol–water partition coefficient (Wildman–Crippen LogP) is 2.33. The summed E-state index contributed by atoms with van der Waals surface area (Å²) in [6, 6.07) is 0. The summed E-state index contributed by atoms with van der Waals surface area (Å²) >= 11 is 9.87. The van der Waals surface area contributed by atoms with Crippen LogP contribution in [0.15, 0.2) is 0 Å². The molecule has 0 atom stereocenters. The molecular weight excluding hydrogens is 238 g/mol. The second kappa shape index (κ2) is 9.72. The molecule has 76 valence electrons. The molecule has 4 heteroatoms. The second-order valence-corrected chi connectivity index (χ2v) is 3.64. The summed E-state index contributed by atoms with van der Waals surface area (Å²) < 4.78 is 0.625. The molecule has 0 amide bonds. The molecular formula is C8H16CuNS2. The van der Waals surface area contributed by atoms with E-state index in [4.69, 9.17) is 24.8 Å². The SMILES string of the molecule is CCCCN(CCC)C(=S)[S-].[Cu+]. The molecule has 0 aromatic heterocycles. The normalized spacial score (nSPS) is 8.83. The van der Waals surface area contributed by atoms with Crippen molar-refractivity contribution in [3.63, 3.8) is 0 Å². The molecule has 0 bridgehead atoms. The summed E-state index contributed by atoms with van der Waals surface area (Å²) in [5.74, 6) is 0. The third kappa shape index (κ3) is 7.29. The van der Waals surface area contributed by atoms with Crippen LogP contribution >= 0.6 is 12.2 Å². The van der Waals surface area contributed by atoms with Crippen molar-refractivity contribution < 1.29 is 17.1 Å². The molecule has 1 nitrogen and oxygen atoms in total. The van der Waals surface area contributed by atoms with Gasteiger partial charge in [0.1, 0.15) is 0 Å². The van der Waals surface area contributed by atoms with Gasteiger partial charge in [0.2, 0.25) is 0 Å². The van der Waals surface area contributed by atoms with Crippen molar-refractivity contribution >= 4 is 29.2 Å². The Kier molecular flexibility index (Phi) is 12.2. The Bertz CT molecular complexity index is 120. The Labute approximate surface area is 97.2 Å². The van der Waals surface area contributed by atoms with E-state index in [0.717, 1.165) is 19.5 Å². The van der Waals surface area contributed by atoms with Gasteiger partial charge >= 0.3 is 17.1 Å². The molecule has 0 aromatic rings. The van der Waals surface area contributed by atoms with E-state index >= 15 is 0 Å². The van der Waals surface area contributed by atoms with E-state index in [1.807, 2.05) is 0 Å². The van der Waals surface area contributed by atoms with Crippen LogP contribution in [0.3, 0.4) is 0 Å². The topological polar surface area (TPSA) is 3.24 Å². The van der Waals surface area contributed by atoms with Crippen molar-refractivity contribution in [1.82, 2.24) is 4.90 Å². The molecule has 0 rings (SSSR count). The van der Waals surface area contributed by atoms with Crippen LogP contribution < -0.4 is 0 Å². The van der Waals surface area contributed by atoms with Crippen LogP contribution in [0.25, 0.3) is 0 Å². The van der Waals surface area contributed by atoms with Gasteiger partial charge in [-0.3, -0.25) is 0 Å². The summed E-state index contributed by atoms with van der Waals surface area (Å²) in [4.78, 5) is 2.11. The van der Waals surface area contributed by atoms with E-state index in [-0.39, 0.29) is 17.1 Å². The first kappa shape index (κ1) is 15.1. The van der Waals surface area contributed by atoms with Crippen molar-refractivity contribution in [2.75, 3.05) is 13.1 Å². The number of hydrogen-bond donors (Lipinski definition) is 0. The molecule has 0 heterocycles. The van der Waals surface area contributed by atoms with Crippen molar-refractivity contribution in [2.45, 2.75) is 33.1 Å². The first-order valence-corrected chi connectivity index (χ1v) is 5.00. The Morgan fingerprint density at radius 1 is 1.25 bits per heavy atom. The molecule has 0 saturated heterocycles. The number of hydrogen-bond acceptors (Lipinski definition) is 2. The Hall–Kier alpha value is 0.629. The van der Waals surface area contributed by atoms with E-state index in [9.17, 15) is 0 Å². The van der Waals surface area contributed by atoms with Crippen LogP contribution in [0.1, 0.15) is 33.1 Å². The van der Waals surface area contributed by atoms with Gasteiger partial charge < -0.3 is 29.7 Å². The maximum absolute atomic E-state index is 4.94. The molecule has 0 aliphatic rings. The van der Waals surface area contributed by atoms with Crippen molar-refractivity contribution in [3.05, 3.63) is 0 Å². The molecule has 0 radical (unpaired) electrons. The van der Waals surface area contributed by atoms with Gasteiger partial charge in [-0.05, 0) is 12.8 Å². The molecule has 0 fully saturated rings. The molecule has 0 aliphatic heterocycles. The molecule has 12 heavy (non-hydrogen) atoms. The smallest absolute Gasteiger partial charge is 0.411 e.